The average molecular weight is 405 g/mol. The minimum Gasteiger partial charge on any atom is -0.455 e. The summed E-state index contributed by atoms with van der Waals surface area (Å²) in [4.78, 5) is 0. The first-order valence-electron chi connectivity index (χ1n) is 11.2. The van der Waals surface area contributed by atoms with E-state index < -0.39 is 0 Å². The van der Waals surface area contributed by atoms with Gasteiger partial charge in [-0.2, -0.15) is 0 Å². The monoisotopic (exact) mass is 404 g/mol. The van der Waals surface area contributed by atoms with Gasteiger partial charge in [-0.05, 0) is 29.2 Å². The third-order valence-corrected chi connectivity index (χ3v) is 6.57. The third kappa shape index (κ3) is 2.76. The normalized spacial score (nSPS) is 13.6. The Hall–Kier alpha value is -3.32. The van der Waals surface area contributed by atoms with E-state index in [0.29, 0.717) is 0 Å². The van der Waals surface area contributed by atoms with Gasteiger partial charge in [-0.3, -0.25) is 0 Å². The molecule has 0 saturated heterocycles. The molecule has 0 amide bonds. The van der Waals surface area contributed by atoms with Crippen LogP contribution in [0.25, 0.3) is 44.2 Å². The van der Waals surface area contributed by atoms with E-state index in [-0.39, 0.29) is 5.41 Å². The summed E-state index contributed by atoms with van der Waals surface area (Å²) >= 11 is 0. The lowest BCUT2D eigenvalue weighted by Gasteiger charge is -2.21. The summed E-state index contributed by atoms with van der Waals surface area (Å²) < 4.78 is 6.66. The molecule has 5 aromatic rings. The molecule has 6 rings (SSSR count). The van der Waals surface area contributed by atoms with Crippen molar-refractivity contribution >= 4 is 21.9 Å². The van der Waals surface area contributed by atoms with Crippen LogP contribution in [0.2, 0.25) is 0 Å². The van der Waals surface area contributed by atoms with Gasteiger partial charge in [0.15, 0.2) is 0 Å². The first-order valence-corrected chi connectivity index (χ1v) is 11.2. The lowest BCUT2D eigenvalue weighted by atomic mass is 9.82. The van der Waals surface area contributed by atoms with E-state index in [4.69, 9.17) is 4.42 Å². The number of rotatable bonds is 1. The Morgan fingerprint density at radius 1 is 0.613 bits per heavy atom. The fraction of sp³-hybridized carbons (Fsp3) is 0.200. The second kappa shape index (κ2) is 7.13. The van der Waals surface area contributed by atoms with E-state index in [9.17, 15) is 0 Å². The van der Waals surface area contributed by atoms with E-state index >= 15 is 0 Å². The summed E-state index contributed by atoms with van der Waals surface area (Å²) in [6.07, 6.45) is 0. The first-order chi connectivity index (χ1) is 15.1. The molecule has 1 aromatic heterocycles. The van der Waals surface area contributed by atoms with E-state index in [1.165, 1.54) is 44.2 Å². The molecule has 0 aliphatic heterocycles. The van der Waals surface area contributed by atoms with Crippen LogP contribution in [-0.4, -0.2) is 0 Å². The Balaban J connectivity index is 0.000000994. The SMILES string of the molecule is CC.Cc1ccc(-c2cccc3c2oc2c4c(ccc23)C(C)(C)c2ccccc2-4)cc1. The van der Waals surface area contributed by atoms with Crippen molar-refractivity contribution in [2.45, 2.75) is 40.0 Å². The molecule has 1 aliphatic carbocycles. The highest BCUT2D eigenvalue weighted by Gasteiger charge is 2.37. The minimum absolute atomic E-state index is 0.0150. The zero-order valence-electron chi connectivity index (χ0n) is 18.9. The van der Waals surface area contributed by atoms with Gasteiger partial charge in [0, 0.05) is 27.3 Å². The maximum Gasteiger partial charge on any atom is 0.143 e. The lowest BCUT2D eigenvalue weighted by Crippen LogP contribution is -2.14. The molecule has 4 aromatic carbocycles. The van der Waals surface area contributed by atoms with Crippen molar-refractivity contribution in [1.82, 2.24) is 0 Å². The largest absolute Gasteiger partial charge is 0.455 e. The van der Waals surface area contributed by atoms with Gasteiger partial charge < -0.3 is 4.42 Å². The molecule has 0 atom stereocenters. The van der Waals surface area contributed by atoms with Gasteiger partial charge in [-0.25, -0.2) is 0 Å². The molecular formula is C30H28O. The molecular weight excluding hydrogens is 376 g/mol. The van der Waals surface area contributed by atoms with Crippen LogP contribution >= 0.6 is 0 Å². The number of hydrogen-bond donors (Lipinski definition) is 0. The summed E-state index contributed by atoms with van der Waals surface area (Å²) in [6.45, 7) is 10.7. The molecule has 154 valence electrons. The Morgan fingerprint density at radius 2 is 1.29 bits per heavy atom. The van der Waals surface area contributed by atoms with Gasteiger partial charge in [0.1, 0.15) is 11.2 Å². The van der Waals surface area contributed by atoms with Crippen molar-refractivity contribution in [2.75, 3.05) is 0 Å². The Labute approximate surface area is 184 Å². The molecule has 1 heteroatoms. The number of aryl methyl sites for hydroxylation is 1. The molecule has 0 radical (unpaired) electrons. The Kier molecular flexibility index (Phi) is 4.51. The number of benzene rings is 4. The van der Waals surface area contributed by atoms with Crippen molar-refractivity contribution < 1.29 is 4.42 Å². The van der Waals surface area contributed by atoms with E-state index in [1.54, 1.807) is 0 Å². The quantitative estimate of drug-likeness (QED) is 0.272. The van der Waals surface area contributed by atoms with Gasteiger partial charge >= 0.3 is 0 Å². The van der Waals surface area contributed by atoms with Crippen LogP contribution in [-0.2, 0) is 5.41 Å². The molecule has 0 unspecified atom stereocenters. The number of hydrogen-bond acceptors (Lipinski definition) is 1. The number of fused-ring (bicyclic) bond motifs is 7. The molecule has 31 heavy (non-hydrogen) atoms. The summed E-state index contributed by atoms with van der Waals surface area (Å²) in [5.41, 5.74) is 10.9. The maximum absolute atomic E-state index is 6.66. The predicted octanol–water partition coefficient (Wildman–Crippen LogP) is 8.89. The summed E-state index contributed by atoms with van der Waals surface area (Å²) in [6, 6.07) is 28.4. The van der Waals surface area contributed by atoms with Crippen molar-refractivity contribution in [2.24, 2.45) is 0 Å². The van der Waals surface area contributed by atoms with Crippen LogP contribution in [0.4, 0.5) is 0 Å². The maximum atomic E-state index is 6.66. The van der Waals surface area contributed by atoms with Crippen molar-refractivity contribution in [3.8, 4) is 22.3 Å². The smallest absolute Gasteiger partial charge is 0.143 e. The van der Waals surface area contributed by atoms with Crippen LogP contribution < -0.4 is 0 Å². The van der Waals surface area contributed by atoms with E-state index in [0.717, 1.165) is 16.7 Å². The van der Waals surface area contributed by atoms with Crippen molar-refractivity contribution in [3.63, 3.8) is 0 Å². The molecule has 1 aliphatic rings. The van der Waals surface area contributed by atoms with Crippen LogP contribution in [0, 0.1) is 6.92 Å². The molecule has 0 bridgehead atoms. The van der Waals surface area contributed by atoms with E-state index in [1.807, 2.05) is 13.8 Å². The molecule has 0 N–H and O–H groups in total. The summed E-state index contributed by atoms with van der Waals surface area (Å²) in [5, 5.41) is 2.38. The van der Waals surface area contributed by atoms with Crippen LogP contribution in [0.1, 0.15) is 44.4 Å². The van der Waals surface area contributed by atoms with Gasteiger partial charge in [0.25, 0.3) is 0 Å². The zero-order chi connectivity index (χ0) is 21.8. The Bertz CT molecular complexity index is 1410. The topological polar surface area (TPSA) is 13.1 Å². The second-order valence-corrected chi connectivity index (χ2v) is 8.69. The molecule has 1 heterocycles. The highest BCUT2D eigenvalue weighted by atomic mass is 16.3. The van der Waals surface area contributed by atoms with Gasteiger partial charge in [0.2, 0.25) is 0 Å². The molecule has 0 saturated carbocycles. The highest BCUT2D eigenvalue weighted by molar-refractivity contribution is 6.14. The molecule has 0 fully saturated rings. The first kappa shape index (κ1) is 19.6. The summed E-state index contributed by atoms with van der Waals surface area (Å²) in [7, 11) is 0. The third-order valence-electron chi connectivity index (χ3n) is 6.57. The van der Waals surface area contributed by atoms with Gasteiger partial charge in [-0.1, -0.05) is 112 Å². The molecule has 0 spiro atoms. The van der Waals surface area contributed by atoms with Gasteiger partial charge in [-0.15, -0.1) is 0 Å². The Morgan fingerprint density at radius 3 is 2.06 bits per heavy atom. The lowest BCUT2D eigenvalue weighted by molar-refractivity contribution is 0.653. The van der Waals surface area contributed by atoms with Crippen LogP contribution in [0.3, 0.4) is 0 Å². The highest BCUT2D eigenvalue weighted by Crippen LogP contribution is 2.52. The van der Waals surface area contributed by atoms with Crippen LogP contribution in [0.15, 0.2) is 83.3 Å². The summed E-state index contributed by atoms with van der Waals surface area (Å²) in [5.74, 6) is 0. The number of para-hydroxylation sites is 1. The predicted molar refractivity (Wildman–Crippen MR) is 133 cm³/mol. The van der Waals surface area contributed by atoms with E-state index in [2.05, 4.69) is 99.6 Å². The molecule has 1 nitrogen and oxygen atoms in total. The zero-order valence-corrected chi connectivity index (χ0v) is 18.9. The second-order valence-electron chi connectivity index (χ2n) is 8.69. The standard InChI is InChI=1S/C28H22O.C2H6/c1-17-11-13-18(14-12-17)19-8-6-9-20-21-15-16-24-25(27(21)29-26(19)20)22-7-4-5-10-23(22)28(24,2)3;1-2/h4-16H,1-3H3;1-2H3. The fourth-order valence-electron chi connectivity index (χ4n) is 5.00. The van der Waals surface area contributed by atoms with Crippen LogP contribution in [0.5, 0.6) is 0 Å². The average Bonchev–Trinajstić information content (AvgIpc) is 3.29. The van der Waals surface area contributed by atoms with Crippen molar-refractivity contribution in [3.05, 3.63) is 95.6 Å². The van der Waals surface area contributed by atoms with Gasteiger partial charge in [0.05, 0.1) is 0 Å². The minimum atomic E-state index is -0.0150. The fourth-order valence-corrected chi connectivity index (χ4v) is 5.00. The van der Waals surface area contributed by atoms with Crippen molar-refractivity contribution in [1.29, 1.82) is 0 Å². The number of furan rings is 1.